The van der Waals surface area contributed by atoms with Gasteiger partial charge >= 0.3 is 0 Å². The van der Waals surface area contributed by atoms with E-state index in [0.29, 0.717) is 6.04 Å². The Kier molecular flexibility index (Phi) is 5.30. The number of likely N-dealkylation sites (N-methyl/N-ethyl adjacent to an activating group) is 2. The molecule has 1 aromatic rings. The molecule has 0 aliphatic carbocycles. The lowest BCUT2D eigenvalue weighted by atomic mass is 10.0. The van der Waals surface area contributed by atoms with Crippen LogP contribution < -0.4 is 10.2 Å². The van der Waals surface area contributed by atoms with Gasteiger partial charge in [-0.3, -0.25) is 0 Å². The van der Waals surface area contributed by atoms with Crippen molar-refractivity contribution in [3.63, 3.8) is 0 Å². The monoisotopic (exact) mass is 295 g/mol. The van der Waals surface area contributed by atoms with E-state index in [-0.39, 0.29) is 6.04 Å². The minimum Gasteiger partial charge on any atom is -0.370 e. The predicted molar refractivity (Wildman–Crippen MR) is 87.8 cm³/mol. The molecule has 1 saturated heterocycles. The quantitative estimate of drug-likeness (QED) is 0.920. The summed E-state index contributed by atoms with van der Waals surface area (Å²) in [6, 6.07) is 7.28. The number of benzene rings is 1. The summed E-state index contributed by atoms with van der Waals surface area (Å²) < 4.78 is 0. The summed E-state index contributed by atoms with van der Waals surface area (Å²) in [6.45, 7) is 4.47. The minimum atomic E-state index is 0.280. The van der Waals surface area contributed by atoms with E-state index in [2.05, 4.69) is 54.3 Å². The molecular formula is C16H26ClN3. The van der Waals surface area contributed by atoms with Gasteiger partial charge in [-0.25, -0.2) is 0 Å². The number of piperidine rings is 1. The van der Waals surface area contributed by atoms with Crippen molar-refractivity contribution in [1.29, 1.82) is 0 Å². The fourth-order valence-electron chi connectivity index (χ4n) is 2.91. The van der Waals surface area contributed by atoms with E-state index in [1.54, 1.807) is 0 Å². The van der Waals surface area contributed by atoms with Crippen LogP contribution in [0.2, 0.25) is 5.02 Å². The summed E-state index contributed by atoms with van der Waals surface area (Å²) in [7, 11) is 6.33. The first kappa shape index (κ1) is 15.6. The molecule has 4 heteroatoms. The van der Waals surface area contributed by atoms with Crippen molar-refractivity contribution in [3.05, 3.63) is 28.8 Å². The standard InChI is InChI=1S/C16H26ClN3/c1-12(18-2)15-8-7-13(10-16(15)17)20(4)14-6-5-9-19(3)11-14/h7-8,10,12,14,18H,5-6,9,11H2,1-4H3. The molecule has 1 heterocycles. The Morgan fingerprint density at radius 3 is 2.80 bits per heavy atom. The molecule has 2 rings (SSSR count). The molecule has 1 aromatic carbocycles. The summed E-state index contributed by atoms with van der Waals surface area (Å²) in [5, 5.41) is 4.08. The molecule has 0 radical (unpaired) electrons. The Morgan fingerprint density at radius 2 is 2.20 bits per heavy atom. The summed E-state index contributed by atoms with van der Waals surface area (Å²) in [5.74, 6) is 0. The van der Waals surface area contributed by atoms with Gasteiger partial charge in [0.2, 0.25) is 0 Å². The number of hydrogen-bond acceptors (Lipinski definition) is 3. The van der Waals surface area contributed by atoms with Crippen molar-refractivity contribution in [1.82, 2.24) is 10.2 Å². The number of hydrogen-bond donors (Lipinski definition) is 1. The maximum Gasteiger partial charge on any atom is 0.0474 e. The molecule has 0 amide bonds. The highest BCUT2D eigenvalue weighted by Crippen LogP contribution is 2.29. The number of rotatable bonds is 4. The molecule has 1 fully saturated rings. The van der Waals surface area contributed by atoms with Gasteiger partial charge < -0.3 is 15.1 Å². The van der Waals surface area contributed by atoms with Crippen molar-refractivity contribution < 1.29 is 0 Å². The van der Waals surface area contributed by atoms with Gasteiger partial charge in [0.05, 0.1) is 0 Å². The van der Waals surface area contributed by atoms with Gasteiger partial charge in [0.1, 0.15) is 0 Å². The fraction of sp³-hybridized carbons (Fsp3) is 0.625. The third kappa shape index (κ3) is 3.46. The average molecular weight is 296 g/mol. The van der Waals surface area contributed by atoms with Crippen LogP contribution in [-0.4, -0.2) is 45.2 Å². The van der Waals surface area contributed by atoms with Gasteiger partial charge in [0.25, 0.3) is 0 Å². The summed E-state index contributed by atoms with van der Waals surface area (Å²) in [4.78, 5) is 4.78. The summed E-state index contributed by atoms with van der Waals surface area (Å²) >= 11 is 6.44. The Morgan fingerprint density at radius 1 is 1.45 bits per heavy atom. The zero-order chi connectivity index (χ0) is 14.7. The predicted octanol–water partition coefficient (Wildman–Crippen LogP) is 3.15. The van der Waals surface area contributed by atoms with Crippen LogP contribution in [0, 0.1) is 0 Å². The Balaban J connectivity index is 2.14. The Bertz CT molecular complexity index is 449. The van der Waals surface area contributed by atoms with Crippen molar-refractivity contribution in [3.8, 4) is 0 Å². The molecule has 2 unspecified atom stereocenters. The smallest absolute Gasteiger partial charge is 0.0474 e. The van der Waals surface area contributed by atoms with E-state index in [1.807, 2.05) is 7.05 Å². The highest BCUT2D eigenvalue weighted by molar-refractivity contribution is 6.31. The van der Waals surface area contributed by atoms with Crippen LogP contribution in [0.25, 0.3) is 0 Å². The van der Waals surface area contributed by atoms with Gasteiger partial charge in [0, 0.05) is 36.4 Å². The van der Waals surface area contributed by atoms with Crippen LogP contribution in [-0.2, 0) is 0 Å². The fourth-order valence-corrected chi connectivity index (χ4v) is 3.25. The highest BCUT2D eigenvalue weighted by atomic mass is 35.5. The second-order valence-electron chi connectivity index (χ2n) is 5.89. The molecular weight excluding hydrogens is 270 g/mol. The molecule has 1 aliphatic heterocycles. The number of nitrogens with zero attached hydrogens (tertiary/aromatic N) is 2. The highest BCUT2D eigenvalue weighted by Gasteiger charge is 2.22. The minimum absolute atomic E-state index is 0.280. The van der Waals surface area contributed by atoms with E-state index in [4.69, 9.17) is 11.6 Å². The zero-order valence-corrected chi connectivity index (χ0v) is 13.7. The lowest BCUT2D eigenvalue weighted by Crippen LogP contribution is -2.45. The van der Waals surface area contributed by atoms with Crippen molar-refractivity contribution in [2.45, 2.75) is 31.8 Å². The first-order chi connectivity index (χ1) is 9.52. The molecule has 3 nitrogen and oxygen atoms in total. The van der Waals surface area contributed by atoms with Crippen LogP contribution in [0.15, 0.2) is 18.2 Å². The first-order valence-corrected chi connectivity index (χ1v) is 7.78. The number of likely N-dealkylation sites (tertiary alicyclic amines) is 1. The molecule has 0 bridgehead atoms. The van der Waals surface area contributed by atoms with E-state index in [1.165, 1.54) is 25.1 Å². The molecule has 0 aromatic heterocycles. The Hall–Kier alpha value is -0.770. The number of halogens is 1. The lowest BCUT2D eigenvalue weighted by molar-refractivity contribution is 0.248. The largest absolute Gasteiger partial charge is 0.370 e. The van der Waals surface area contributed by atoms with Gasteiger partial charge in [-0.2, -0.15) is 0 Å². The third-order valence-corrected chi connectivity index (χ3v) is 4.77. The Labute approximate surface area is 127 Å². The van der Waals surface area contributed by atoms with Crippen LogP contribution in [0.4, 0.5) is 5.69 Å². The van der Waals surface area contributed by atoms with Gasteiger partial charge in [-0.1, -0.05) is 17.7 Å². The average Bonchev–Trinajstić information content (AvgIpc) is 2.45. The molecule has 2 atom stereocenters. The SMILES string of the molecule is CNC(C)c1ccc(N(C)C2CCCN(C)C2)cc1Cl. The molecule has 112 valence electrons. The molecule has 1 N–H and O–H groups in total. The van der Waals surface area contributed by atoms with Crippen LogP contribution in [0.1, 0.15) is 31.4 Å². The van der Waals surface area contributed by atoms with Crippen LogP contribution in [0.3, 0.4) is 0 Å². The van der Waals surface area contributed by atoms with Crippen LogP contribution >= 0.6 is 11.6 Å². The second-order valence-corrected chi connectivity index (χ2v) is 6.29. The molecule has 0 saturated carbocycles. The van der Waals surface area contributed by atoms with Gasteiger partial charge in [0.15, 0.2) is 0 Å². The van der Waals surface area contributed by atoms with Crippen molar-refractivity contribution in [2.75, 3.05) is 39.1 Å². The van der Waals surface area contributed by atoms with Crippen LogP contribution in [0.5, 0.6) is 0 Å². The molecule has 0 spiro atoms. The van der Waals surface area contributed by atoms with E-state index in [0.717, 1.165) is 17.1 Å². The van der Waals surface area contributed by atoms with E-state index >= 15 is 0 Å². The van der Waals surface area contributed by atoms with E-state index < -0.39 is 0 Å². The zero-order valence-electron chi connectivity index (χ0n) is 13.0. The van der Waals surface area contributed by atoms with Gasteiger partial charge in [-0.05, 0) is 58.1 Å². The second kappa shape index (κ2) is 6.79. The maximum atomic E-state index is 6.44. The normalized spacial score (nSPS) is 21.8. The maximum absolute atomic E-state index is 6.44. The van der Waals surface area contributed by atoms with Crippen molar-refractivity contribution >= 4 is 17.3 Å². The van der Waals surface area contributed by atoms with Gasteiger partial charge in [-0.15, -0.1) is 0 Å². The lowest BCUT2D eigenvalue weighted by Gasteiger charge is -2.37. The topological polar surface area (TPSA) is 18.5 Å². The number of nitrogens with one attached hydrogen (secondary N) is 1. The number of anilines is 1. The molecule has 1 aliphatic rings. The summed E-state index contributed by atoms with van der Waals surface area (Å²) in [5.41, 5.74) is 2.37. The van der Waals surface area contributed by atoms with E-state index in [9.17, 15) is 0 Å². The molecule has 20 heavy (non-hydrogen) atoms. The third-order valence-electron chi connectivity index (χ3n) is 4.44. The first-order valence-electron chi connectivity index (χ1n) is 7.41. The summed E-state index contributed by atoms with van der Waals surface area (Å²) in [6.07, 6.45) is 2.53. The van der Waals surface area contributed by atoms with Crippen molar-refractivity contribution in [2.24, 2.45) is 0 Å².